The lowest BCUT2D eigenvalue weighted by molar-refractivity contribution is 0.730. The Labute approximate surface area is 215 Å². The van der Waals surface area contributed by atoms with E-state index < -0.39 is 0 Å². The normalized spacial score (nSPS) is 10.8. The minimum absolute atomic E-state index is 0.197. The molecule has 5 aromatic rings. The molecule has 0 spiro atoms. The highest BCUT2D eigenvalue weighted by molar-refractivity contribution is 6.32. The highest BCUT2D eigenvalue weighted by Gasteiger charge is 2.19. The standard InChI is InChI=1S/C24H21ClN8.C3H8/c1-15(2)23-19(14-30-32(23)22-8-4-7-21-18(22)6-5-9-26-21)16(3)31-17-12-20(25)24(27-13-17)33-28-10-11-29-33;1-3-2/h4-15,31H,3H2,1-2H3;3H2,1-2H3. The Hall–Kier alpha value is -4.04. The summed E-state index contributed by atoms with van der Waals surface area (Å²) in [6, 6.07) is 11.8. The third-order valence-electron chi connectivity index (χ3n) is 5.25. The quantitative estimate of drug-likeness (QED) is 0.280. The Kier molecular flexibility index (Phi) is 7.75. The van der Waals surface area contributed by atoms with E-state index in [0.717, 1.165) is 27.8 Å². The topological polar surface area (TPSA) is 86.3 Å². The van der Waals surface area contributed by atoms with Gasteiger partial charge in [0, 0.05) is 22.8 Å². The Bertz CT molecular complexity index is 1470. The van der Waals surface area contributed by atoms with Gasteiger partial charge in [-0.2, -0.15) is 15.3 Å². The van der Waals surface area contributed by atoms with E-state index in [1.807, 2.05) is 29.1 Å². The Morgan fingerprint density at radius 2 is 1.75 bits per heavy atom. The molecule has 0 aliphatic heterocycles. The monoisotopic (exact) mass is 500 g/mol. The van der Waals surface area contributed by atoms with Crippen LogP contribution < -0.4 is 5.32 Å². The molecule has 36 heavy (non-hydrogen) atoms. The molecule has 5 rings (SSSR count). The number of anilines is 1. The summed E-state index contributed by atoms with van der Waals surface area (Å²) in [6.07, 6.45) is 9.69. The Morgan fingerprint density at radius 1 is 1.00 bits per heavy atom. The Morgan fingerprint density at radius 3 is 2.44 bits per heavy atom. The maximum Gasteiger partial charge on any atom is 0.193 e. The Balaban J connectivity index is 0.000000967. The fourth-order valence-corrected chi connectivity index (χ4v) is 4.06. The van der Waals surface area contributed by atoms with Gasteiger partial charge >= 0.3 is 0 Å². The van der Waals surface area contributed by atoms with Gasteiger partial charge in [-0.15, -0.1) is 4.80 Å². The smallest absolute Gasteiger partial charge is 0.193 e. The molecule has 0 amide bonds. The average Bonchev–Trinajstić information content (AvgIpc) is 3.55. The minimum Gasteiger partial charge on any atom is -0.354 e. The van der Waals surface area contributed by atoms with E-state index in [2.05, 4.69) is 71.9 Å². The lowest BCUT2D eigenvalue weighted by Crippen LogP contribution is -2.08. The fraction of sp³-hybridized carbons (Fsp3) is 0.222. The van der Waals surface area contributed by atoms with E-state index in [9.17, 15) is 0 Å². The highest BCUT2D eigenvalue weighted by atomic mass is 35.5. The molecule has 4 aromatic heterocycles. The van der Waals surface area contributed by atoms with Gasteiger partial charge in [-0.25, -0.2) is 9.67 Å². The van der Waals surface area contributed by atoms with E-state index >= 15 is 0 Å². The number of rotatable bonds is 6. The first-order valence-corrected chi connectivity index (χ1v) is 12.2. The van der Waals surface area contributed by atoms with Gasteiger partial charge in [0.2, 0.25) is 0 Å². The summed E-state index contributed by atoms with van der Waals surface area (Å²) in [7, 11) is 0. The van der Waals surface area contributed by atoms with Crippen molar-refractivity contribution in [1.29, 1.82) is 0 Å². The first-order valence-electron chi connectivity index (χ1n) is 11.8. The highest BCUT2D eigenvalue weighted by Crippen LogP contribution is 2.31. The van der Waals surface area contributed by atoms with Gasteiger partial charge < -0.3 is 5.32 Å². The number of nitrogens with zero attached hydrogens (tertiary/aromatic N) is 7. The molecule has 0 aliphatic rings. The summed E-state index contributed by atoms with van der Waals surface area (Å²) in [4.78, 5) is 10.2. The zero-order valence-electron chi connectivity index (χ0n) is 20.9. The van der Waals surface area contributed by atoms with Gasteiger partial charge in [0.05, 0.1) is 52.4 Å². The number of fused-ring (bicyclic) bond motifs is 1. The zero-order valence-corrected chi connectivity index (χ0v) is 21.6. The lowest BCUT2D eigenvalue weighted by atomic mass is 10.0. The molecule has 0 fully saturated rings. The largest absolute Gasteiger partial charge is 0.354 e. The molecule has 0 atom stereocenters. The van der Waals surface area contributed by atoms with Gasteiger partial charge in [0.15, 0.2) is 5.82 Å². The van der Waals surface area contributed by atoms with Crippen LogP contribution in [-0.2, 0) is 0 Å². The van der Waals surface area contributed by atoms with Crippen LogP contribution in [0.4, 0.5) is 5.69 Å². The molecule has 1 N–H and O–H groups in total. The van der Waals surface area contributed by atoms with Gasteiger partial charge in [-0.05, 0) is 36.2 Å². The van der Waals surface area contributed by atoms with Crippen molar-refractivity contribution in [1.82, 2.24) is 34.7 Å². The second-order valence-corrected chi connectivity index (χ2v) is 8.92. The number of hydrogen-bond acceptors (Lipinski definition) is 6. The predicted octanol–water partition coefficient (Wildman–Crippen LogP) is 6.67. The molecule has 0 saturated heterocycles. The van der Waals surface area contributed by atoms with Crippen molar-refractivity contribution in [3.8, 4) is 11.5 Å². The third-order valence-corrected chi connectivity index (χ3v) is 5.53. The third kappa shape index (κ3) is 5.13. The minimum atomic E-state index is 0.197. The van der Waals surface area contributed by atoms with Crippen molar-refractivity contribution in [2.45, 2.75) is 40.0 Å². The molecule has 0 radical (unpaired) electrons. The average molecular weight is 501 g/mol. The van der Waals surface area contributed by atoms with Crippen LogP contribution in [0.5, 0.6) is 0 Å². The first kappa shape index (κ1) is 25.1. The number of benzene rings is 1. The van der Waals surface area contributed by atoms with Crippen molar-refractivity contribution < 1.29 is 0 Å². The zero-order chi connectivity index (χ0) is 25.7. The van der Waals surface area contributed by atoms with E-state index in [-0.39, 0.29) is 5.92 Å². The summed E-state index contributed by atoms with van der Waals surface area (Å²) < 4.78 is 1.97. The molecular formula is C27H29ClN8. The number of hydrogen-bond donors (Lipinski definition) is 1. The van der Waals surface area contributed by atoms with Crippen molar-refractivity contribution in [3.05, 3.63) is 90.2 Å². The molecule has 0 saturated carbocycles. The molecular weight excluding hydrogens is 472 g/mol. The van der Waals surface area contributed by atoms with Gasteiger partial charge in [0.25, 0.3) is 0 Å². The predicted molar refractivity (Wildman–Crippen MR) is 146 cm³/mol. The van der Waals surface area contributed by atoms with E-state index in [1.165, 1.54) is 11.2 Å². The fourth-order valence-electron chi connectivity index (χ4n) is 3.82. The van der Waals surface area contributed by atoms with Crippen LogP contribution in [0.2, 0.25) is 5.02 Å². The molecule has 184 valence electrons. The SMILES string of the molecule is C=C(Nc1cnc(-n2nccn2)c(Cl)c1)c1cnn(-c2cccc3ncccc23)c1C(C)C.CCC. The number of nitrogens with one attached hydrogen (secondary N) is 1. The molecule has 9 heteroatoms. The summed E-state index contributed by atoms with van der Waals surface area (Å²) in [5, 5.41) is 17.6. The second kappa shape index (κ2) is 11.1. The summed E-state index contributed by atoms with van der Waals surface area (Å²) >= 11 is 6.42. The molecule has 0 aliphatic carbocycles. The summed E-state index contributed by atoms with van der Waals surface area (Å²) in [5.74, 6) is 0.654. The van der Waals surface area contributed by atoms with Crippen LogP contribution in [0.15, 0.2) is 74.0 Å². The van der Waals surface area contributed by atoms with Crippen molar-refractivity contribution in [2.24, 2.45) is 0 Å². The number of halogens is 1. The van der Waals surface area contributed by atoms with E-state index in [4.69, 9.17) is 16.7 Å². The molecule has 4 heterocycles. The maximum atomic E-state index is 6.42. The van der Waals surface area contributed by atoms with Crippen LogP contribution in [0, 0.1) is 0 Å². The molecule has 0 unspecified atom stereocenters. The molecule has 1 aromatic carbocycles. The second-order valence-electron chi connectivity index (χ2n) is 8.52. The van der Waals surface area contributed by atoms with Gasteiger partial charge in [-0.3, -0.25) is 4.98 Å². The van der Waals surface area contributed by atoms with Crippen LogP contribution in [0.3, 0.4) is 0 Å². The van der Waals surface area contributed by atoms with Gasteiger partial charge in [0.1, 0.15) is 0 Å². The summed E-state index contributed by atoms with van der Waals surface area (Å²) in [6.45, 7) is 12.8. The van der Waals surface area contributed by atoms with E-state index in [1.54, 1.807) is 30.9 Å². The van der Waals surface area contributed by atoms with Crippen LogP contribution in [0.25, 0.3) is 28.1 Å². The first-order chi connectivity index (χ1) is 17.4. The van der Waals surface area contributed by atoms with Crippen LogP contribution in [-0.4, -0.2) is 34.7 Å². The van der Waals surface area contributed by atoms with Crippen LogP contribution in [0.1, 0.15) is 51.3 Å². The van der Waals surface area contributed by atoms with E-state index in [0.29, 0.717) is 22.2 Å². The van der Waals surface area contributed by atoms with Gasteiger partial charge in [-0.1, -0.05) is 58.4 Å². The number of aromatic nitrogens is 7. The number of pyridine rings is 2. The lowest BCUT2D eigenvalue weighted by Gasteiger charge is -2.16. The summed E-state index contributed by atoms with van der Waals surface area (Å²) in [5.41, 5.74) is 5.26. The molecule has 8 nitrogen and oxygen atoms in total. The molecule has 0 bridgehead atoms. The van der Waals surface area contributed by atoms with Crippen molar-refractivity contribution in [2.75, 3.05) is 5.32 Å². The maximum absolute atomic E-state index is 6.42. The van der Waals surface area contributed by atoms with Crippen LogP contribution >= 0.6 is 11.6 Å². The van der Waals surface area contributed by atoms with Crippen molar-refractivity contribution in [3.63, 3.8) is 0 Å². The van der Waals surface area contributed by atoms with Crippen molar-refractivity contribution >= 4 is 33.9 Å².